The van der Waals surface area contributed by atoms with Gasteiger partial charge in [-0.25, -0.2) is 0 Å². The lowest BCUT2D eigenvalue weighted by Gasteiger charge is -2.11. The monoisotopic (exact) mass is 192 g/mol. The van der Waals surface area contributed by atoms with Gasteiger partial charge in [-0.1, -0.05) is 26.0 Å². The minimum atomic E-state index is -0.143. The van der Waals surface area contributed by atoms with E-state index in [1.165, 1.54) is 5.56 Å². The zero-order chi connectivity index (χ0) is 10.1. The molecule has 76 valence electrons. The Morgan fingerprint density at radius 3 is 2.86 bits per heavy atom. The van der Waals surface area contributed by atoms with E-state index in [1.807, 2.05) is 19.1 Å². The average molecular weight is 192 g/mol. The van der Waals surface area contributed by atoms with Crippen LogP contribution in [0.2, 0.25) is 0 Å². The Labute approximate surface area is 84.8 Å². The lowest BCUT2D eigenvalue weighted by Crippen LogP contribution is -2.11. The summed E-state index contributed by atoms with van der Waals surface area (Å²) in [5, 5.41) is 0. The quantitative estimate of drug-likeness (QED) is 0.715. The summed E-state index contributed by atoms with van der Waals surface area (Å²) in [6.07, 6.45) is 0.976. The van der Waals surface area contributed by atoms with E-state index in [1.54, 1.807) is 0 Å². The summed E-state index contributed by atoms with van der Waals surface area (Å²) in [6, 6.07) is 6.11. The molecule has 2 nitrogen and oxygen atoms in total. The summed E-state index contributed by atoms with van der Waals surface area (Å²) in [7, 11) is 0. The van der Waals surface area contributed by atoms with Gasteiger partial charge in [-0.3, -0.25) is 0 Å². The summed E-state index contributed by atoms with van der Waals surface area (Å²) in [5.41, 5.74) is 1.26. The first-order chi connectivity index (χ1) is 6.72. The molecule has 1 aromatic carbocycles. The van der Waals surface area contributed by atoms with Crippen molar-refractivity contribution in [3.63, 3.8) is 0 Å². The minimum Gasteiger partial charge on any atom is -0.451 e. The highest BCUT2D eigenvalue weighted by molar-refractivity contribution is 5.49. The second kappa shape index (κ2) is 3.52. The molecule has 0 fully saturated rings. The van der Waals surface area contributed by atoms with Crippen LogP contribution in [0.1, 0.15) is 38.7 Å². The van der Waals surface area contributed by atoms with Gasteiger partial charge in [-0.05, 0) is 18.4 Å². The van der Waals surface area contributed by atoms with Gasteiger partial charge in [0, 0.05) is 12.5 Å². The third-order valence-electron chi connectivity index (χ3n) is 2.73. The van der Waals surface area contributed by atoms with Crippen molar-refractivity contribution in [1.82, 2.24) is 0 Å². The van der Waals surface area contributed by atoms with Crippen molar-refractivity contribution in [3.05, 3.63) is 23.8 Å². The third-order valence-corrected chi connectivity index (χ3v) is 2.73. The van der Waals surface area contributed by atoms with E-state index in [0.717, 1.165) is 17.9 Å². The number of hydrogen-bond donors (Lipinski definition) is 0. The van der Waals surface area contributed by atoms with Gasteiger partial charge in [0.05, 0.1) is 0 Å². The topological polar surface area (TPSA) is 18.5 Å². The van der Waals surface area contributed by atoms with Gasteiger partial charge in [-0.2, -0.15) is 0 Å². The fourth-order valence-corrected chi connectivity index (χ4v) is 1.73. The number of benzene rings is 1. The highest BCUT2D eigenvalue weighted by Crippen LogP contribution is 2.41. The van der Waals surface area contributed by atoms with Crippen LogP contribution in [0.25, 0.3) is 0 Å². The molecule has 1 aromatic rings. The highest BCUT2D eigenvalue weighted by atomic mass is 16.7. The maximum Gasteiger partial charge on any atom is 0.238 e. The van der Waals surface area contributed by atoms with Crippen LogP contribution in [0, 0.1) is 0 Å². The Balaban J connectivity index is 2.39. The normalized spacial score (nSPS) is 20.9. The average Bonchev–Trinajstić information content (AvgIpc) is 2.56. The highest BCUT2D eigenvalue weighted by Gasteiger charge is 2.24. The van der Waals surface area contributed by atoms with Crippen molar-refractivity contribution >= 4 is 0 Å². The zero-order valence-electron chi connectivity index (χ0n) is 8.91. The molecule has 2 unspecified atom stereocenters. The number of rotatable bonds is 2. The number of ether oxygens (including phenoxy) is 2. The predicted octanol–water partition coefficient (Wildman–Crippen LogP) is 3.32. The van der Waals surface area contributed by atoms with Gasteiger partial charge in [0.2, 0.25) is 6.29 Å². The van der Waals surface area contributed by atoms with Crippen LogP contribution >= 0.6 is 0 Å². The molecule has 0 N–H and O–H groups in total. The van der Waals surface area contributed by atoms with Crippen LogP contribution < -0.4 is 9.47 Å². The Bertz CT molecular complexity index is 333. The number of para-hydroxylation sites is 1. The van der Waals surface area contributed by atoms with Crippen molar-refractivity contribution < 1.29 is 9.47 Å². The molecule has 2 heteroatoms. The molecule has 0 radical (unpaired) electrons. The predicted molar refractivity (Wildman–Crippen MR) is 55.9 cm³/mol. The van der Waals surface area contributed by atoms with E-state index >= 15 is 0 Å². The summed E-state index contributed by atoms with van der Waals surface area (Å²) in [4.78, 5) is 0. The third kappa shape index (κ3) is 1.45. The maximum absolute atomic E-state index is 5.64. The molecule has 0 aromatic heterocycles. The van der Waals surface area contributed by atoms with Crippen LogP contribution in [0.5, 0.6) is 11.5 Å². The minimum absolute atomic E-state index is 0.143. The van der Waals surface area contributed by atoms with Crippen LogP contribution in [0.4, 0.5) is 0 Å². The lowest BCUT2D eigenvalue weighted by atomic mass is 9.97. The first kappa shape index (κ1) is 9.38. The maximum atomic E-state index is 5.64. The van der Waals surface area contributed by atoms with Gasteiger partial charge in [0.15, 0.2) is 11.5 Å². The van der Waals surface area contributed by atoms with E-state index < -0.39 is 0 Å². The molecule has 14 heavy (non-hydrogen) atoms. The number of fused-ring (bicyclic) bond motifs is 1. The molecule has 1 aliphatic rings. The van der Waals surface area contributed by atoms with Gasteiger partial charge in [0.25, 0.3) is 0 Å². The Morgan fingerprint density at radius 1 is 1.36 bits per heavy atom. The van der Waals surface area contributed by atoms with E-state index in [9.17, 15) is 0 Å². The second-order valence-electron chi connectivity index (χ2n) is 3.79. The van der Waals surface area contributed by atoms with Crippen LogP contribution in [-0.4, -0.2) is 6.29 Å². The molecule has 0 bridgehead atoms. The van der Waals surface area contributed by atoms with Crippen molar-refractivity contribution in [1.29, 1.82) is 0 Å². The van der Waals surface area contributed by atoms with Gasteiger partial charge < -0.3 is 9.47 Å². The molecule has 2 atom stereocenters. The van der Waals surface area contributed by atoms with Crippen LogP contribution in [0.3, 0.4) is 0 Å². The summed E-state index contributed by atoms with van der Waals surface area (Å²) >= 11 is 0. The molecule has 1 heterocycles. The van der Waals surface area contributed by atoms with Crippen molar-refractivity contribution in [2.24, 2.45) is 0 Å². The van der Waals surface area contributed by atoms with Crippen LogP contribution in [0.15, 0.2) is 18.2 Å². The first-order valence-electron chi connectivity index (χ1n) is 5.18. The lowest BCUT2D eigenvalue weighted by molar-refractivity contribution is 0.0672. The Hall–Kier alpha value is -1.18. The van der Waals surface area contributed by atoms with Crippen molar-refractivity contribution in [2.45, 2.75) is 39.4 Å². The molecule has 0 amide bonds. The SMILES string of the molecule is CCC(C)c1cccc2c1OC(C)O2. The largest absolute Gasteiger partial charge is 0.451 e. The summed E-state index contributed by atoms with van der Waals surface area (Å²) < 4.78 is 11.2. The van der Waals surface area contributed by atoms with Crippen LogP contribution in [-0.2, 0) is 0 Å². The molecule has 0 spiro atoms. The molecular weight excluding hydrogens is 176 g/mol. The standard InChI is InChI=1S/C12H16O2/c1-4-8(2)10-6-5-7-11-12(10)14-9(3)13-11/h5-9H,4H2,1-3H3. The van der Waals surface area contributed by atoms with E-state index in [-0.39, 0.29) is 6.29 Å². The smallest absolute Gasteiger partial charge is 0.238 e. The fraction of sp³-hybridized carbons (Fsp3) is 0.500. The van der Waals surface area contributed by atoms with Crippen molar-refractivity contribution in [2.75, 3.05) is 0 Å². The van der Waals surface area contributed by atoms with Gasteiger partial charge >= 0.3 is 0 Å². The van der Waals surface area contributed by atoms with Gasteiger partial charge in [-0.15, -0.1) is 0 Å². The van der Waals surface area contributed by atoms with E-state index in [2.05, 4.69) is 19.9 Å². The summed E-state index contributed by atoms with van der Waals surface area (Å²) in [5.74, 6) is 2.35. The Morgan fingerprint density at radius 2 is 2.14 bits per heavy atom. The molecule has 2 rings (SSSR count). The summed E-state index contributed by atoms with van der Waals surface area (Å²) in [6.45, 7) is 6.31. The second-order valence-corrected chi connectivity index (χ2v) is 3.79. The molecule has 0 saturated heterocycles. The molecule has 0 aliphatic carbocycles. The van der Waals surface area contributed by atoms with E-state index in [0.29, 0.717) is 5.92 Å². The van der Waals surface area contributed by atoms with Crippen molar-refractivity contribution in [3.8, 4) is 11.5 Å². The first-order valence-corrected chi connectivity index (χ1v) is 5.18. The number of hydrogen-bond acceptors (Lipinski definition) is 2. The molecular formula is C12H16O2. The molecule has 1 aliphatic heterocycles. The molecule has 0 saturated carbocycles. The van der Waals surface area contributed by atoms with Gasteiger partial charge in [0.1, 0.15) is 0 Å². The zero-order valence-corrected chi connectivity index (χ0v) is 8.91. The fourth-order valence-electron chi connectivity index (χ4n) is 1.73. The van der Waals surface area contributed by atoms with E-state index in [4.69, 9.17) is 9.47 Å². The Kier molecular flexibility index (Phi) is 2.36.